The Balaban J connectivity index is 2.01. The molecule has 1 saturated heterocycles. The largest absolute Gasteiger partial charge is 0.508 e. The van der Waals surface area contributed by atoms with E-state index in [0.29, 0.717) is 5.76 Å². The number of benzene rings is 1. The van der Waals surface area contributed by atoms with E-state index in [1.165, 1.54) is 12.1 Å². The molecule has 9 nitrogen and oxygen atoms in total. The third kappa shape index (κ3) is 3.20. The van der Waals surface area contributed by atoms with Crippen LogP contribution < -0.4 is 10.2 Å². The third-order valence-corrected chi connectivity index (χ3v) is 3.99. The van der Waals surface area contributed by atoms with Crippen molar-refractivity contribution in [3.63, 3.8) is 0 Å². The van der Waals surface area contributed by atoms with Crippen molar-refractivity contribution in [3.8, 4) is 11.5 Å². The summed E-state index contributed by atoms with van der Waals surface area (Å²) in [7, 11) is 0. The first-order valence-electron chi connectivity index (χ1n) is 7.56. The van der Waals surface area contributed by atoms with Gasteiger partial charge in [0.1, 0.15) is 52.6 Å². The molecule has 0 saturated carbocycles. The fraction of sp³-hybridized carbons (Fsp3) is 0.438. The lowest BCUT2D eigenvalue weighted by molar-refractivity contribution is -0.277. The Morgan fingerprint density at radius 2 is 1.84 bits per heavy atom. The van der Waals surface area contributed by atoms with Gasteiger partial charge in [-0.2, -0.15) is 0 Å². The molecule has 136 valence electrons. The molecule has 5 atom stereocenters. The van der Waals surface area contributed by atoms with E-state index in [1.807, 2.05) is 0 Å². The van der Waals surface area contributed by atoms with Crippen LogP contribution in [0.2, 0.25) is 0 Å². The van der Waals surface area contributed by atoms with E-state index in [1.54, 1.807) is 6.92 Å². The number of aliphatic hydroxyl groups excluding tert-OH is 4. The number of phenols is 1. The van der Waals surface area contributed by atoms with E-state index in [-0.39, 0.29) is 22.5 Å². The number of aliphatic hydroxyl groups is 4. The zero-order valence-electron chi connectivity index (χ0n) is 13.2. The van der Waals surface area contributed by atoms with Crippen molar-refractivity contribution in [1.29, 1.82) is 0 Å². The molecule has 1 aliphatic heterocycles. The molecule has 1 aliphatic rings. The fourth-order valence-electron chi connectivity index (χ4n) is 2.74. The Morgan fingerprint density at radius 3 is 2.52 bits per heavy atom. The van der Waals surface area contributed by atoms with Gasteiger partial charge in [0, 0.05) is 18.2 Å². The van der Waals surface area contributed by atoms with E-state index in [2.05, 4.69) is 0 Å². The molecular weight excluding hydrogens is 336 g/mol. The lowest BCUT2D eigenvalue weighted by atomic mass is 9.99. The summed E-state index contributed by atoms with van der Waals surface area (Å²) in [6.45, 7) is 0.954. The number of hydrogen-bond donors (Lipinski definition) is 5. The molecule has 3 rings (SSSR count). The van der Waals surface area contributed by atoms with Crippen LogP contribution in [-0.2, 0) is 4.74 Å². The quantitative estimate of drug-likeness (QED) is 0.467. The molecule has 2 heterocycles. The SMILES string of the molecule is Cc1cc(=O)c2c(O[C@@H]3O[C@H](CO)[C@@H](O)[C@H](O)[C@H]3O)cc(O)cc2o1. The predicted molar refractivity (Wildman–Crippen MR) is 83.3 cm³/mol. The Labute approximate surface area is 141 Å². The summed E-state index contributed by atoms with van der Waals surface area (Å²) in [5.41, 5.74) is -0.358. The number of fused-ring (bicyclic) bond motifs is 1. The molecule has 0 bridgehead atoms. The Bertz CT molecular complexity index is 823. The van der Waals surface area contributed by atoms with Crippen LogP contribution in [0.25, 0.3) is 11.0 Å². The predicted octanol–water partition coefficient (Wildman–Crippen LogP) is -1.01. The monoisotopic (exact) mass is 354 g/mol. The highest BCUT2D eigenvalue weighted by Crippen LogP contribution is 2.32. The van der Waals surface area contributed by atoms with Crippen molar-refractivity contribution in [1.82, 2.24) is 0 Å². The summed E-state index contributed by atoms with van der Waals surface area (Å²) >= 11 is 0. The zero-order valence-corrected chi connectivity index (χ0v) is 13.2. The van der Waals surface area contributed by atoms with Gasteiger partial charge in [0.25, 0.3) is 0 Å². The van der Waals surface area contributed by atoms with Crippen LogP contribution in [0.4, 0.5) is 0 Å². The molecule has 1 fully saturated rings. The topological polar surface area (TPSA) is 150 Å². The summed E-state index contributed by atoms with van der Waals surface area (Å²) < 4.78 is 16.1. The molecule has 0 aliphatic carbocycles. The smallest absolute Gasteiger partial charge is 0.229 e. The highest BCUT2D eigenvalue weighted by atomic mass is 16.7. The second-order valence-corrected chi connectivity index (χ2v) is 5.85. The molecule has 0 unspecified atom stereocenters. The summed E-state index contributed by atoms with van der Waals surface area (Å²) in [5, 5.41) is 48.6. The lowest BCUT2D eigenvalue weighted by Crippen LogP contribution is -2.60. The number of aryl methyl sites for hydroxylation is 1. The minimum Gasteiger partial charge on any atom is -0.508 e. The highest BCUT2D eigenvalue weighted by molar-refractivity contribution is 5.85. The van der Waals surface area contributed by atoms with Crippen molar-refractivity contribution >= 4 is 11.0 Å². The van der Waals surface area contributed by atoms with Crippen LogP contribution in [0.3, 0.4) is 0 Å². The molecule has 25 heavy (non-hydrogen) atoms. The summed E-state index contributed by atoms with van der Waals surface area (Å²) in [4.78, 5) is 12.2. The minimum atomic E-state index is -1.65. The Kier molecular flexibility index (Phi) is 4.67. The van der Waals surface area contributed by atoms with E-state index in [4.69, 9.17) is 13.9 Å². The molecule has 0 radical (unpaired) electrons. The van der Waals surface area contributed by atoms with Crippen molar-refractivity contribution < 1.29 is 39.4 Å². The van der Waals surface area contributed by atoms with Gasteiger partial charge < -0.3 is 39.4 Å². The number of ether oxygens (including phenoxy) is 2. The second kappa shape index (κ2) is 6.62. The van der Waals surface area contributed by atoms with Gasteiger partial charge in [0.2, 0.25) is 6.29 Å². The molecule has 9 heteroatoms. The Hall–Kier alpha value is -2.17. The van der Waals surface area contributed by atoms with Crippen molar-refractivity contribution in [2.75, 3.05) is 6.61 Å². The first-order chi connectivity index (χ1) is 11.8. The molecule has 1 aromatic heterocycles. The van der Waals surface area contributed by atoms with Gasteiger partial charge in [-0.05, 0) is 6.92 Å². The first kappa shape index (κ1) is 17.6. The van der Waals surface area contributed by atoms with Gasteiger partial charge in [-0.1, -0.05) is 0 Å². The average molecular weight is 354 g/mol. The molecule has 0 amide bonds. The van der Waals surface area contributed by atoms with E-state index >= 15 is 0 Å². The second-order valence-electron chi connectivity index (χ2n) is 5.85. The minimum absolute atomic E-state index is 0.0142. The van der Waals surface area contributed by atoms with Crippen LogP contribution in [-0.4, -0.2) is 62.8 Å². The van der Waals surface area contributed by atoms with Crippen molar-refractivity contribution in [2.24, 2.45) is 0 Å². The van der Waals surface area contributed by atoms with Crippen LogP contribution in [0, 0.1) is 6.92 Å². The van der Waals surface area contributed by atoms with Gasteiger partial charge >= 0.3 is 0 Å². The van der Waals surface area contributed by atoms with Crippen LogP contribution in [0.1, 0.15) is 5.76 Å². The fourth-order valence-corrected chi connectivity index (χ4v) is 2.74. The lowest BCUT2D eigenvalue weighted by Gasteiger charge is -2.39. The first-order valence-corrected chi connectivity index (χ1v) is 7.56. The maximum absolute atomic E-state index is 12.2. The standard InChI is InChI=1S/C16H18O9/c1-6-2-8(19)12-9(23-6)3-7(18)4-10(12)24-16-15(22)14(21)13(20)11(5-17)25-16/h2-4,11,13-18,20-22H,5H2,1H3/t11-,13-,14+,15-,16-/m1/s1. The zero-order chi connectivity index (χ0) is 18.3. The van der Waals surface area contributed by atoms with E-state index in [0.717, 1.165) is 6.07 Å². The van der Waals surface area contributed by atoms with Gasteiger partial charge in [-0.3, -0.25) is 4.79 Å². The number of hydrogen-bond acceptors (Lipinski definition) is 9. The summed E-state index contributed by atoms with van der Waals surface area (Å²) in [6, 6.07) is 3.61. The maximum Gasteiger partial charge on any atom is 0.229 e. The van der Waals surface area contributed by atoms with Crippen LogP contribution in [0.15, 0.2) is 27.4 Å². The normalized spacial score (nSPS) is 29.7. The summed E-state index contributed by atoms with van der Waals surface area (Å²) in [5.74, 6) is -0.0455. The van der Waals surface area contributed by atoms with Gasteiger partial charge in [-0.25, -0.2) is 0 Å². The number of aromatic hydroxyl groups is 1. The molecule has 0 spiro atoms. The highest BCUT2D eigenvalue weighted by Gasteiger charge is 2.44. The van der Waals surface area contributed by atoms with Gasteiger partial charge in [-0.15, -0.1) is 0 Å². The molecule has 2 aromatic rings. The van der Waals surface area contributed by atoms with Gasteiger partial charge in [0.15, 0.2) is 5.43 Å². The van der Waals surface area contributed by atoms with Crippen molar-refractivity contribution in [2.45, 2.75) is 37.6 Å². The Morgan fingerprint density at radius 1 is 1.12 bits per heavy atom. The number of phenolic OH excluding ortho intramolecular Hbond substituents is 1. The van der Waals surface area contributed by atoms with Crippen LogP contribution in [0.5, 0.6) is 11.5 Å². The van der Waals surface area contributed by atoms with E-state index in [9.17, 15) is 30.3 Å². The summed E-state index contributed by atoms with van der Waals surface area (Å²) in [6.07, 6.45) is -7.45. The average Bonchev–Trinajstić information content (AvgIpc) is 2.54. The molecular formula is C16H18O9. The number of rotatable bonds is 3. The van der Waals surface area contributed by atoms with Crippen molar-refractivity contribution in [3.05, 3.63) is 34.2 Å². The van der Waals surface area contributed by atoms with Crippen LogP contribution >= 0.6 is 0 Å². The van der Waals surface area contributed by atoms with Gasteiger partial charge in [0.05, 0.1) is 6.61 Å². The third-order valence-electron chi connectivity index (χ3n) is 3.99. The van der Waals surface area contributed by atoms with E-state index < -0.39 is 42.7 Å². The molecule has 1 aromatic carbocycles. The molecule has 5 N–H and O–H groups in total. The maximum atomic E-state index is 12.2.